The highest BCUT2D eigenvalue weighted by Crippen LogP contribution is 2.24. The zero-order chi connectivity index (χ0) is 17.6. The van der Waals surface area contributed by atoms with Gasteiger partial charge in [0, 0.05) is 7.05 Å². The maximum atomic E-state index is 12.3. The molecule has 5 heteroatoms. The van der Waals surface area contributed by atoms with Gasteiger partial charge in [-0.05, 0) is 11.1 Å². The third kappa shape index (κ3) is 4.13. The molecule has 0 N–H and O–H groups in total. The molecule has 1 heterocycles. The Kier molecular flexibility index (Phi) is 5.58. The van der Waals surface area contributed by atoms with Crippen LogP contribution in [0.5, 0.6) is 0 Å². The lowest BCUT2D eigenvalue weighted by molar-refractivity contribution is -0.140. The minimum atomic E-state index is -0.798. The Hall–Kier alpha value is -2.50. The molecule has 0 radical (unpaired) electrons. The lowest BCUT2D eigenvalue weighted by Crippen LogP contribution is -2.31. The van der Waals surface area contributed by atoms with Crippen LogP contribution in [-0.2, 0) is 32.3 Å². The van der Waals surface area contributed by atoms with Gasteiger partial charge in [-0.1, -0.05) is 60.7 Å². The quantitative estimate of drug-likeness (QED) is 0.727. The zero-order valence-corrected chi connectivity index (χ0v) is 14.1. The molecule has 2 amide bonds. The molecule has 1 aliphatic rings. The molecule has 3 rings (SSSR count). The van der Waals surface area contributed by atoms with Gasteiger partial charge in [0.1, 0.15) is 0 Å². The predicted octanol–water partition coefficient (Wildman–Crippen LogP) is 2.40. The topological polar surface area (TPSA) is 55.8 Å². The maximum absolute atomic E-state index is 12.3. The van der Waals surface area contributed by atoms with E-state index in [9.17, 15) is 9.59 Å². The predicted molar refractivity (Wildman–Crippen MR) is 92.4 cm³/mol. The average Bonchev–Trinajstić information content (AvgIpc) is 2.86. The SMILES string of the molecule is CN1C(=O)[C@@H](COCc2ccccc2)[C@H](OCc2ccccc2)C1=O. The molecule has 0 unspecified atom stereocenters. The van der Waals surface area contributed by atoms with Gasteiger partial charge in [-0.3, -0.25) is 14.5 Å². The number of benzene rings is 2. The molecule has 2 aromatic rings. The number of ether oxygens (including phenoxy) is 2. The number of imide groups is 1. The first-order chi connectivity index (χ1) is 12.2. The molecule has 1 fully saturated rings. The first kappa shape index (κ1) is 17.3. The van der Waals surface area contributed by atoms with Crippen molar-refractivity contribution in [2.75, 3.05) is 13.7 Å². The van der Waals surface area contributed by atoms with Gasteiger partial charge >= 0.3 is 0 Å². The Balaban J connectivity index is 1.60. The Morgan fingerprint density at radius 3 is 2.00 bits per heavy atom. The second-order valence-corrected chi connectivity index (χ2v) is 6.06. The van der Waals surface area contributed by atoms with Crippen molar-refractivity contribution in [1.82, 2.24) is 4.90 Å². The number of likely N-dealkylation sites (N-methyl/N-ethyl adjacent to an activating group) is 1. The summed E-state index contributed by atoms with van der Waals surface area (Å²) in [7, 11) is 1.49. The highest BCUT2D eigenvalue weighted by Gasteiger charge is 2.46. The monoisotopic (exact) mass is 339 g/mol. The largest absolute Gasteiger partial charge is 0.376 e. The number of nitrogens with zero attached hydrogens (tertiary/aromatic N) is 1. The van der Waals surface area contributed by atoms with Crippen molar-refractivity contribution in [3.63, 3.8) is 0 Å². The number of rotatable bonds is 7. The molecule has 0 bridgehead atoms. The smallest absolute Gasteiger partial charge is 0.258 e. The Morgan fingerprint density at radius 1 is 0.840 bits per heavy atom. The van der Waals surface area contributed by atoms with Crippen molar-refractivity contribution in [3.05, 3.63) is 71.8 Å². The minimum absolute atomic E-state index is 0.156. The molecule has 1 aliphatic heterocycles. The Morgan fingerprint density at radius 2 is 1.40 bits per heavy atom. The van der Waals surface area contributed by atoms with E-state index in [0.717, 1.165) is 16.0 Å². The summed E-state index contributed by atoms with van der Waals surface area (Å²) >= 11 is 0. The Bertz CT molecular complexity index is 717. The van der Waals surface area contributed by atoms with E-state index in [4.69, 9.17) is 9.47 Å². The molecule has 130 valence electrons. The molecular formula is C20H21NO4. The van der Waals surface area contributed by atoms with E-state index < -0.39 is 12.0 Å². The number of amides is 2. The van der Waals surface area contributed by atoms with E-state index >= 15 is 0 Å². The fourth-order valence-corrected chi connectivity index (χ4v) is 2.83. The fourth-order valence-electron chi connectivity index (χ4n) is 2.83. The van der Waals surface area contributed by atoms with Gasteiger partial charge < -0.3 is 9.47 Å². The van der Waals surface area contributed by atoms with E-state index in [1.165, 1.54) is 7.05 Å². The summed E-state index contributed by atoms with van der Waals surface area (Å²) in [6, 6.07) is 19.3. The van der Waals surface area contributed by atoms with Crippen molar-refractivity contribution >= 4 is 11.8 Å². The van der Waals surface area contributed by atoms with Crippen LogP contribution in [0.15, 0.2) is 60.7 Å². The summed E-state index contributed by atoms with van der Waals surface area (Å²) < 4.78 is 11.4. The number of carbonyl (C=O) groups is 2. The van der Waals surface area contributed by atoms with Gasteiger partial charge in [0.2, 0.25) is 5.91 Å². The van der Waals surface area contributed by atoms with Gasteiger partial charge in [-0.2, -0.15) is 0 Å². The summed E-state index contributed by atoms with van der Waals surface area (Å²) in [5.74, 6) is -1.17. The number of hydrogen-bond acceptors (Lipinski definition) is 4. The summed E-state index contributed by atoms with van der Waals surface area (Å²) in [5, 5.41) is 0. The molecular weight excluding hydrogens is 318 g/mol. The lowest BCUT2D eigenvalue weighted by atomic mass is 10.1. The molecule has 5 nitrogen and oxygen atoms in total. The van der Waals surface area contributed by atoms with Crippen molar-refractivity contribution in [3.8, 4) is 0 Å². The highest BCUT2D eigenvalue weighted by molar-refractivity contribution is 6.06. The highest BCUT2D eigenvalue weighted by atomic mass is 16.5. The van der Waals surface area contributed by atoms with Gasteiger partial charge in [-0.15, -0.1) is 0 Å². The number of carbonyl (C=O) groups excluding carboxylic acids is 2. The minimum Gasteiger partial charge on any atom is -0.376 e. The number of likely N-dealkylation sites (tertiary alicyclic amines) is 1. The van der Waals surface area contributed by atoms with Crippen molar-refractivity contribution in [2.45, 2.75) is 19.3 Å². The van der Waals surface area contributed by atoms with Crippen molar-refractivity contribution in [2.24, 2.45) is 5.92 Å². The third-order valence-corrected chi connectivity index (χ3v) is 4.27. The van der Waals surface area contributed by atoms with Crippen LogP contribution in [0.4, 0.5) is 0 Å². The van der Waals surface area contributed by atoms with Crippen molar-refractivity contribution < 1.29 is 19.1 Å². The van der Waals surface area contributed by atoms with Gasteiger partial charge in [0.25, 0.3) is 5.91 Å². The first-order valence-electron chi connectivity index (χ1n) is 8.25. The summed E-state index contributed by atoms with van der Waals surface area (Å²) in [6.45, 7) is 0.838. The third-order valence-electron chi connectivity index (χ3n) is 4.27. The first-order valence-corrected chi connectivity index (χ1v) is 8.25. The molecule has 0 saturated carbocycles. The van der Waals surface area contributed by atoms with Gasteiger partial charge in [0.15, 0.2) is 6.10 Å². The molecule has 2 atom stereocenters. The summed E-state index contributed by atoms with van der Waals surface area (Å²) in [4.78, 5) is 25.8. The van der Waals surface area contributed by atoms with E-state index in [1.807, 2.05) is 60.7 Å². The summed E-state index contributed by atoms with van der Waals surface area (Å²) in [5.41, 5.74) is 1.98. The zero-order valence-electron chi connectivity index (χ0n) is 14.1. The lowest BCUT2D eigenvalue weighted by Gasteiger charge is -2.16. The maximum Gasteiger partial charge on any atom is 0.258 e. The van der Waals surface area contributed by atoms with E-state index in [0.29, 0.717) is 6.61 Å². The second kappa shape index (κ2) is 8.05. The molecule has 0 aliphatic carbocycles. The van der Waals surface area contributed by atoms with Crippen molar-refractivity contribution in [1.29, 1.82) is 0 Å². The normalized spacial score (nSPS) is 20.3. The average molecular weight is 339 g/mol. The van der Waals surface area contributed by atoms with E-state index in [2.05, 4.69) is 0 Å². The van der Waals surface area contributed by atoms with Crippen LogP contribution in [0.25, 0.3) is 0 Å². The molecule has 2 aromatic carbocycles. The van der Waals surface area contributed by atoms with E-state index in [-0.39, 0.29) is 25.0 Å². The summed E-state index contributed by atoms with van der Waals surface area (Å²) in [6.07, 6.45) is -0.798. The molecule has 25 heavy (non-hydrogen) atoms. The van der Waals surface area contributed by atoms with Gasteiger partial charge in [-0.25, -0.2) is 0 Å². The molecule has 0 aromatic heterocycles. The molecule has 1 saturated heterocycles. The van der Waals surface area contributed by atoms with Crippen LogP contribution in [0.1, 0.15) is 11.1 Å². The van der Waals surface area contributed by atoms with Crippen LogP contribution in [0.3, 0.4) is 0 Å². The van der Waals surface area contributed by atoms with Crippen LogP contribution < -0.4 is 0 Å². The van der Waals surface area contributed by atoms with Crippen LogP contribution in [0.2, 0.25) is 0 Å². The number of hydrogen-bond donors (Lipinski definition) is 0. The molecule has 0 spiro atoms. The standard InChI is InChI=1S/C20H21NO4/c1-21-19(22)17(14-24-12-15-8-4-2-5-9-15)18(20(21)23)25-13-16-10-6-3-7-11-16/h2-11,17-18H,12-14H2,1H3/t17-,18-/m0/s1. The van der Waals surface area contributed by atoms with Crippen LogP contribution in [-0.4, -0.2) is 36.5 Å². The second-order valence-electron chi connectivity index (χ2n) is 6.06. The Labute approximate surface area is 147 Å². The van der Waals surface area contributed by atoms with E-state index in [1.54, 1.807) is 0 Å². The van der Waals surface area contributed by atoms with Crippen LogP contribution >= 0.6 is 0 Å². The van der Waals surface area contributed by atoms with Crippen LogP contribution in [0, 0.1) is 5.92 Å². The van der Waals surface area contributed by atoms with Gasteiger partial charge in [0.05, 0.1) is 25.7 Å². The fraction of sp³-hybridized carbons (Fsp3) is 0.300.